The number of hydrogen-bond donors (Lipinski definition) is 1. The van der Waals surface area contributed by atoms with Gasteiger partial charge < -0.3 is 9.88 Å². The van der Waals surface area contributed by atoms with Crippen molar-refractivity contribution in [1.29, 1.82) is 0 Å². The molecule has 3 aromatic rings. The van der Waals surface area contributed by atoms with E-state index in [1.54, 1.807) is 25.2 Å². The Morgan fingerprint density at radius 3 is 2.93 bits per heavy atom. The molecule has 1 N–H and O–H groups in total. The highest BCUT2D eigenvalue weighted by molar-refractivity contribution is 6.00. The normalized spacial score (nSPS) is 16.4. The van der Waals surface area contributed by atoms with Gasteiger partial charge in [0.25, 0.3) is 11.8 Å². The number of benzene rings is 1. The molecule has 1 atom stereocenters. The molecule has 150 valence electrons. The van der Waals surface area contributed by atoms with Gasteiger partial charge in [0.1, 0.15) is 18.2 Å². The molecule has 0 saturated carbocycles. The number of fused-ring (bicyclic) bond motifs is 1. The quantitative estimate of drug-likeness (QED) is 0.712. The first-order chi connectivity index (χ1) is 13.9. The molecule has 0 spiro atoms. The molecule has 1 aliphatic rings. The fraction of sp³-hybridized carbons (Fsp3) is 0.316. The molecule has 10 heteroatoms. The van der Waals surface area contributed by atoms with Crippen LogP contribution in [-0.4, -0.2) is 49.2 Å². The van der Waals surface area contributed by atoms with Crippen molar-refractivity contribution in [2.24, 2.45) is 0 Å². The largest absolute Gasteiger partial charge is 0.337 e. The van der Waals surface area contributed by atoms with Gasteiger partial charge in [-0.05, 0) is 19.4 Å². The van der Waals surface area contributed by atoms with Gasteiger partial charge in [0, 0.05) is 25.4 Å². The number of nitrogens with zero attached hydrogens (tertiary/aromatic N) is 6. The molecular formula is C19H20FN7O2. The summed E-state index contributed by atoms with van der Waals surface area (Å²) >= 11 is 0. The number of imidazole rings is 1. The lowest BCUT2D eigenvalue weighted by Gasteiger charge is -2.19. The van der Waals surface area contributed by atoms with Crippen molar-refractivity contribution >= 4 is 17.8 Å². The van der Waals surface area contributed by atoms with Crippen LogP contribution in [0.25, 0.3) is 0 Å². The molecule has 2 aromatic heterocycles. The third kappa shape index (κ3) is 3.73. The van der Waals surface area contributed by atoms with Gasteiger partial charge in [0.15, 0.2) is 0 Å². The predicted octanol–water partition coefficient (Wildman–Crippen LogP) is 1.14. The molecule has 9 nitrogen and oxygen atoms in total. The summed E-state index contributed by atoms with van der Waals surface area (Å²) in [7, 11) is 1.63. The van der Waals surface area contributed by atoms with Crippen LogP contribution in [0, 0.1) is 12.7 Å². The highest BCUT2D eigenvalue weighted by Crippen LogP contribution is 2.19. The Hall–Kier alpha value is -3.56. The van der Waals surface area contributed by atoms with Gasteiger partial charge in [-0.15, -0.1) is 5.10 Å². The SMILES string of the molecule is Cc1cn2c(n1)N(C)C(=O)C(NC(=O)c1ncn(Cc3ccccc3F)n1)CC2. The highest BCUT2D eigenvalue weighted by Gasteiger charge is 2.31. The number of carbonyl (C=O) groups is 2. The van der Waals surface area contributed by atoms with Crippen molar-refractivity contribution < 1.29 is 14.0 Å². The monoisotopic (exact) mass is 397 g/mol. The molecule has 0 fully saturated rings. The number of aryl methyl sites for hydroxylation is 2. The molecule has 4 rings (SSSR count). The van der Waals surface area contributed by atoms with Gasteiger partial charge in [-0.2, -0.15) is 0 Å². The van der Waals surface area contributed by atoms with Crippen molar-refractivity contribution in [2.45, 2.75) is 32.5 Å². The third-order valence-electron chi connectivity index (χ3n) is 4.80. The molecule has 2 amide bonds. The number of likely N-dealkylation sites (N-methyl/N-ethyl adjacent to an activating group) is 1. The average molecular weight is 397 g/mol. The lowest BCUT2D eigenvalue weighted by atomic mass is 10.2. The second-order valence-corrected chi connectivity index (χ2v) is 6.94. The van der Waals surface area contributed by atoms with Crippen molar-refractivity contribution in [3.8, 4) is 0 Å². The number of amides is 2. The molecular weight excluding hydrogens is 377 g/mol. The molecule has 29 heavy (non-hydrogen) atoms. The van der Waals surface area contributed by atoms with E-state index in [0.29, 0.717) is 24.5 Å². The van der Waals surface area contributed by atoms with Crippen LogP contribution < -0.4 is 10.2 Å². The summed E-state index contributed by atoms with van der Waals surface area (Å²) in [6.07, 6.45) is 3.66. The van der Waals surface area contributed by atoms with Crippen LogP contribution in [0.15, 0.2) is 36.8 Å². The molecule has 0 aliphatic carbocycles. The fourth-order valence-corrected chi connectivity index (χ4v) is 3.32. The molecule has 0 saturated heterocycles. The topological polar surface area (TPSA) is 97.9 Å². The zero-order valence-corrected chi connectivity index (χ0v) is 16.0. The Labute approximate surface area is 166 Å². The second-order valence-electron chi connectivity index (χ2n) is 6.94. The summed E-state index contributed by atoms with van der Waals surface area (Å²) in [5.41, 5.74) is 1.27. The van der Waals surface area contributed by atoms with Crippen LogP contribution in [-0.2, 0) is 17.9 Å². The first-order valence-electron chi connectivity index (χ1n) is 9.17. The van der Waals surface area contributed by atoms with E-state index in [-0.39, 0.29) is 24.1 Å². The minimum Gasteiger partial charge on any atom is -0.337 e. The maximum atomic E-state index is 13.8. The van der Waals surface area contributed by atoms with Crippen molar-refractivity contribution in [3.63, 3.8) is 0 Å². The van der Waals surface area contributed by atoms with E-state index >= 15 is 0 Å². The standard InChI is InChI=1S/C19H20FN7O2/c1-12-9-26-8-7-15(18(29)25(2)19(26)22-12)23-17(28)16-21-11-27(24-16)10-13-5-3-4-6-14(13)20/h3-6,9,11,15H,7-8,10H2,1-2H3,(H,23,28). The Kier molecular flexibility index (Phi) is 4.83. The van der Waals surface area contributed by atoms with E-state index in [1.807, 2.05) is 17.7 Å². The van der Waals surface area contributed by atoms with E-state index in [0.717, 1.165) is 5.69 Å². The van der Waals surface area contributed by atoms with E-state index < -0.39 is 11.9 Å². The minimum absolute atomic E-state index is 0.0744. The lowest BCUT2D eigenvalue weighted by molar-refractivity contribution is -0.120. The van der Waals surface area contributed by atoms with Gasteiger partial charge in [-0.1, -0.05) is 18.2 Å². The summed E-state index contributed by atoms with van der Waals surface area (Å²) < 4.78 is 17.1. The highest BCUT2D eigenvalue weighted by atomic mass is 19.1. The number of halogens is 1. The van der Waals surface area contributed by atoms with Crippen LogP contribution in [0.5, 0.6) is 0 Å². The number of carbonyl (C=O) groups excluding carboxylic acids is 2. The minimum atomic E-state index is -0.715. The van der Waals surface area contributed by atoms with Crippen molar-refractivity contribution in [2.75, 3.05) is 11.9 Å². The summed E-state index contributed by atoms with van der Waals surface area (Å²) in [5.74, 6) is -0.687. The lowest BCUT2D eigenvalue weighted by Crippen LogP contribution is -2.47. The summed E-state index contributed by atoms with van der Waals surface area (Å²) in [4.78, 5) is 35.1. The number of aromatic nitrogens is 5. The molecule has 3 heterocycles. The van der Waals surface area contributed by atoms with E-state index in [4.69, 9.17) is 0 Å². The zero-order valence-electron chi connectivity index (χ0n) is 16.0. The van der Waals surface area contributed by atoms with Crippen LogP contribution in [0.4, 0.5) is 10.3 Å². The Bertz CT molecular complexity index is 1070. The van der Waals surface area contributed by atoms with Crippen LogP contribution in [0.3, 0.4) is 0 Å². The Morgan fingerprint density at radius 1 is 1.34 bits per heavy atom. The molecule has 0 bridgehead atoms. The van der Waals surface area contributed by atoms with Crippen molar-refractivity contribution in [1.82, 2.24) is 29.6 Å². The van der Waals surface area contributed by atoms with E-state index in [9.17, 15) is 14.0 Å². The number of hydrogen-bond acceptors (Lipinski definition) is 5. The number of anilines is 1. The Morgan fingerprint density at radius 2 is 2.14 bits per heavy atom. The first kappa shape index (κ1) is 18.8. The smallest absolute Gasteiger partial charge is 0.291 e. The summed E-state index contributed by atoms with van der Waals surface area (Å²) in [5, 5.41) is 6.80. The van der Waals surface area contributed by atoms with Gasteiger partial charge in [-0.25, -0.2) is 19.0 Å². The van der Waals surface area contributed by atoms with Crippen LogP contribution in [0.1, 0.15) is 28.3 Å². The third-order valence-corrected chi connectivity index (χ3v) is 4.80. The van der Waals surface area contributed by atoms with Crippen LogP contribution in [0.2, 0.25) is 0 Å². The fourth-order valence-electron chi connectivity index (χ4n) is 3.32. The molecule has 1 aliphatic heterocycles. The number of nitrogens with one attached hydrogen (secondary N) is 1. The van der Waals surface area contributed by atoms with E-state index in [1.165, 1.54) is 22.0 Å². The van der Waals surface area contributed by atoms with Gasteiger partial charge in [0.05, 0.1) is 12.2 Å². The number of rotatable bonds is 4. The predicted molar refractivity (Wildman–Crippen MR) is 102 cm³/mol. The Balaban J connectivity index is 1.44. The van der Waals surface area contributed by atoms with Gasteiger partial charge in [0.2, 0.25) is 11.8 Å². The van der Waals surface area contributed by atoms with Gasteiger partial charge >= 0.3 is 0 Å². The maximum Gasteiger partial charge on any atom is 0.291 e. The average Bonchev–Trinajstić information content (AvgIpc) is 3.30. The second kappa shape index (κ2) is 7.46. The van der Waals surface area contributed by atoms with Crippen molar-refractivity contribution in [3.05, 3.63) is 59.7 Å². The summed E-state index contributed by atoms with van der Waals surface area (Å²) in [6, 6.07) is 5.62. The molecule has 1 unspecified atom stereocenters. The summed E-state index contributed by atoms with van der Waals surface area (Å²) in [6.45, 7) is 2.56. The van der Waals surface area contributed by atoms with E-state index in [2.05, 4.69) is 20.4 Å². The van der Waals surface area contributed by atoms with Gasteiger partial charge in [-0.3, -0.25) is 14.5 Å². The molecule has 0 radical (unpaired) electrons. The first-order valence-corrected chi connectivity index (χ1v) is 9.17. The zero-order chi connectivity index (χ0) is 20.5. The molecule has 1 aromatic carbocycles. The maximum absolute atomic E-state index is 13.8. The van der Waals surface area contributed by atoms with Crippen LogP contribution >= 0.6 is 0 Å².